The van der Waals surface area contributed by atoms with Crippen molar-refractivity contribution in [1.29, 1.82) is 0 Å². The highest BCUT2D eigenvalue weighted by Crippen LogP contribution is 2.46. The Hall–Kier alpha value is -3.77. The van der Waals surface area contributed by atoms with Crippen molar-refractivity contribution < 1.29 is 34.1 Å². The monoisotopic (exact) mass is 687 g/mol. The molecule has 10 nitrogen and oxygen atoms in total. The predicted octanol–water partition coefficient (Wildman–Crippen LogP) is 4.31. The molecule has 46 heavy (non-hydrogen) atoms. The summed E-state index contributed by atoms with van der Waals surface area (Å²) in [5, 5.41) is 28.6. The maximum atomic E-state index is 13.0. The first kappa shape index (κ1) is 35.1. The number of hydrogen-bond acceptors (Lipinski definition) is 7. The number of rotatable bonds is 13. The summed E-state index contributed by atoms with van der Waals surface area (Å²) in [7, 11) is 0. The topological polar surface area (TPSA) is 154 Å². The Morgan fingerprint density at radius 2 is 1.48 bits per heavy atom. The lowest BCUT2D eigenvalue weighted by Gasteiger charge is -2.50. The van der Waals surface area contributed by atoms with Gasteiger partial charge in [0.05, 0.1) is 12.6 Å². The van der Waals surface area contributed by atoms with Gasteiger partial charge in [-0.1, -0.05) is 80.4 Å². The van der Waals surface area contributed by atoms with Crippen LogP contribution in [0.1, 0.15) is 43.6 Å². The molecule has 244 valence electrons. The van der Waals surface area contributed by atoms with Crippen LogP contribution in [0.15, 0.2) is 72.8 Å². The number of thioether (sulfide) groups is 1. The lowest BCUT2D eigenvalue weighted by molar-refractivity contribution is -0.144. The van der Waals surface area contributed by atoms with Gasteiger partial charge in [-0.2, -0.15) is 0 Å². The Kier molecular flexibility index (Phi) is 11.3. The van der Waals surface area contributed by atoms with E-state index in [0.717, 1.165) is 11.1 Å². The summed E-state index contributed by atoms with van der Waals surface area (Å²) in [5.41, 5.74) is 0.614. The lowest BCUT2D eigenvalue weighted by atomic mass is 9.74. The van der Waals surface area contributed by atoms with Gasteiger partial charge in [0.2, 0.25) is 11.8 Å². The van der Waals surface area contributed by atoms with E-state index in [9.17, 15) is 29.4 Å². The van der Waals surface area contributed by atoms with Gasteiger partial charge in [-0.25, -0.2) is 4.79 Å². The summed E-state index contributed by atoms with van der Waals surface area (Å²) in [6.07, 6.45) is -0.816. The van der Waals surface area contributed by atoms with Crippen molar-refractivity contribution in [3.63, 3.8) is 0 Å². The number of aliphatic hydroxyl groups excluding tert-OH is 1. The van der Waals surface area contributed by atoms with Crippen molar-refractivity contribution in [1.82, 2.24) is 16.0 Å². The first-order valence-electron chi connectivity index (χ1n) is 14.4. The fourth-order valence-corrected chi connectivity index (χ4v) is 6.60. The number of carboxylic acids is 1. The minimum atomic E-state index is -1.17. The van der Waals surface area contributed by atoms with Gasteiger partial charge in [-0.05, 0) is 58.5 Å². The van der Waals surface area contributed by atoms with E-state index in [-0.39, 0.29) is 18.3 Å². The Morgan fingerprint density at radius 3 is 2.00 bits per heavy atom. The van der Waals surface area contributed by atoms with Crippen LogP contribution < -0.4 is 20.7 Å². The quantitative estimate of drug-likeness (QED) is 0.167. The molecule has 3 aromatic carbocycles. The van der Waals surface area contributed by atoms with Crippen LogP contribution in [0.25, 0.3) is 0 Å². The number of amides is 3. The smallest absolute Gasteiger partial charge is 0.326 e. The van der Waals surface area contributed by atoms with E-state index < -0.39 is 52.7 Å². The van der Waals surface area contributed by atoms with Gasteiger partial charge < -0.3 is 30.9 Å². The van der Waals surface area contributed by atoms with Crippen molar-refractivity contribution in [3.05, 3.63) is 99.5 Å². The zero-order valence-electron chi connectivity index (χ0n) is 25.4. The van der Waals surface area contributed by atoms with Crippen molar-refractivity contribution in [2.75, 3.05) is 18.9 Å². The van der Waals surface area contributed by atoms with E-state index in [0.29, 0.717) is 21.4 Å². The number of carboxylic acid groups (broad SMARTS) is 1. The zero-order chi connectivity index (χ0) is 33.6. The number of aliphatic carboxylic acids is 1. The maximum absolute atomic E-state index is 13.0. The molecule has 5 N–H and O–H groups in total. The molecule has 0 aromatic heterocycles. The number of benzene rings is 3. The zero-order valence-corrected chi connectivity index (χ0v) is 27.7. The average Bonchev–Trinajstić information content (AvgIpc) is 3.00. The number of hydrogen-bond donors (Lipinski definition) is 5. The molecule has 1 aliphatic rings. The SMILES string of the molecule is CC(C)(C)[C@@H](NC(=O)CNC(=O)COc1ccc([C@]2(c3ccc(Cl)cc3)NC(=O)[C@@H]2SCC(O)c2ccc(Cl)cc2)cc1)C(=O)O. The fourth-order valence-electron chi connectivity index (χ4n) is 4.99. The predicted molar refractivity (Wildman–Crippen MR) is 177 cm³/mol. The first-order chi connectivity index (χ1) is 21.7. The number of β-lactam (4-membered cyclic amide) rings is 1. The van der Waals surface area contributed by atoms with E-state index in [1.54, 1.807) is 81.4 Å². The van der Waals surface area contributed by atoms with Crippen LogP contribution in [0.4, 0.5) is 0 Å². The molecule has 1 saturated heterocycles. The number of nitrogens with one attached hydrogen (secondary N) is 3. The largest absolute Gasteiger partial charge is 0.484 e. The fraction of sp³-hybridized carbons (Fsp3) is 0.333. The van der Waals surface area contributed by atoms with Crippen molar-refractivity contribution >= 4 is 58.7 Å². The van der Waals surface area contributed by atoms with Crippen LogP contribution in [0, 0.1) is 5.41 Å². The molecule has 4 rings (SSSR count). The second-order valence-electron chi connectivity index (χ2n) is 11.9. The summed E-state index contributed by atoms with van der Waals surface area (Å²) >= 11 is 13.5. The molecule has 4 atom stereocenters. The molecule has 1 heterocycles. The summed E-state index contributed by atoms with van der Waals surface area (Å²) in [6, 6.07) is 19.9. The molecule has 3 aromatic rings. The van der Waals surface area contributed by atoms with Gasteiger partial charge in [0.15, 0.2) is 6.61 Å². The summed E-state index contributed by atoms with van der Waals surface area (Å²) in [5.74, 6) is -1.91. The number of carbonyl (C=O) groups is 4. The summed E-state index contributed by atoms with van der Waals surface area (Å²) in [4.78, 5) is 49.0. The lowest BCUT2D eigenvalue weighted by Crippen LogP contribution is -2.69. The second kappa shape index (κ2) is 14.8. The maximum Gasteiger partial charge on any atom is 0.326 e. The molecule has 0 saturated carbocycles. The minimum Gasteiger partial charge on any atom is -0.484 e. The summed E-state index contributed by atoms with van der Waals surface area (Å²) in [6.45, 7) is 4.27. The first-order valence-corrected chi connectivity index (χ1v) is 16.2. The molecule has 0 aliphatic carbocycles. The van der Waals surface area contributed by atoms with Gasteiger partial charge in [-0.15, -0.1) is 11.8 Å². The van der Waals surface area contributed by atoms with Crippen LogP contribution in [0.5, 0.6) is 5.75 Å². The summed E-state index contributed by atoms with van der Waals surface area (Å²) < 4.78 is 5.61. The molecular formula is C33H35Cl2N3O7S. The Bertz CT molecular complexity index is 1560. The van der Waals surface area contributed by atoms with Crippen molar-refractivity contribution in [2.45, 2.75) is 43.7 Å². The van der Waals surface area contributed by atoms with Crippen LogP contribution >= 0.6 is 35.0 Å². The van der Waals surface area contributed by atoms with Gasteiger partial charge in [0, 0.05) is 15.8 Å². The number of carbonyl (C=O) groups excluding carboxylic acids is 3. The van der Waals surface area contributed by atoms with Crippen LogP contribution in [-0.2, 0) is 24.7 Å². The highest BCUT2D eigenvalue weighted by Gasteiger charge is 2.56. The number of ether oxygens (including phenoxy) is 1. The van der Waals surface area contributed by atoms with Crippen LogP contribution in [0.3, 0.4) is 0 Å². The van der Waals surface area contributed by atoms with Gasteiger partial charge in [-0.3, -0.25) is 14.4 Å². The highest BCUT2D eigenvalue weighted by atomic mass is 35.5. The van der Waals surface area contributed by atoms with Crippen molar-refractivity contribution in [2.24, 2.45) is 5.41 Å². The van der Waals surface area contributed by atoms with E-state index in [1.807, 2.05) is 12.1 Å². The van der Waals surface area contributed by atoms with E-state index in [4.69, 9.17) is 27.9 Å². The third-order valence-electron chi connectivity index (χ3n) is 7.47. The van der Waals surface area contributed by atoms with Gasteiger partial charge in [0.25, 0.3) is 5.91 Å². The molecule has 0 radical (unpaired) electrons. The van der Waals surface area contributed by atoms with Gasteiger partial charge >= 0.3 is 5.97 Å². The molecule has 3 amide bonds. The molecule has 1 fully saturated rings. The van der Waals surface area contributed by atoms with E-state index >= 15 is 0 Å². The Balaban J connectivity index is 1.41. The molecule has 1 unspecified atom stereocenters. The Morgan fingerprint density at radius 1 is 0.935 bits per heavy atom. The third-order valence-corrected chi connectivity index (χ3v) is 9.38. The minimum absolute atomic E-state index is 0.179. The number of halogens is 2. The molecule has 13 heteroatoms. The number of aliphatic hydroxyl groups is 1. The van der Waals surface area contributed by atoms with Gasteiger partial charge in [0.1, 0.15) is 22.6 Å². The average molecular weight is 689 g/mol. The molecule has 1 aliphatic heterocycles. The van der Waals surface area contributed by atoms with E-state index in [2.05, 4.69) is 16.0 Å². The molecular weight excluding hydrogens is 653 g/mol. The normalized spacial score (nSPS) is 18.8. The van der Waals surface area contributed by atoms with Crippen LogP contribution in [-0.4, -0.2) is 64.1 Å². The highest BCUT2D eigenvalue weighted by molar-refractivity contribution is 8.00. The Labute approximate surface area is 281 Å². The van der Waals surface area contributed by atoms with Crippen molar-refractivity contribution in [3.8, 4) is 5.75 Å². The third kappa shape index (κ3) is 8.33. The molecule has 0 spiro atoms. The van der Waals surface area contributed by atoms with E-state index in [1.165, 1.54) is 11.8 Å². The standard InChI is InChI=1S/C33H35Cl2N3O7S/c1-32(2,3)28(31(43)44)37-26(40)16-36-27(41)17-45-24-14-8-21(9-15-24)33(20-6-12-23(35)13-7-20)29(30(42)38-33)46-18-25(39)19-4-10-22(34)11-5-19/h4-15,25,28-29,39H,16-18H2,1-3H3,(H,36,41)(H,37,40)(H,38,42)(H,43,44)/t25?,28-,29-,33-/m0/s1. The molecule has 0 bridgehead atoms. The van der Waals surface area contributed by atoms with Crippen LogP contribution in [0.2, 0.25) is 10.0 Å². The second-order valence-corrected chi connectivity index (χ2v) is 13.9.